The fourth-order valence-electron chi connectivity index (χ4n) is 3.61. The Bertz CT molecular complexity index is 892. The van der Waals surface area contributed by atoms with E-state index in [4.69, 9.17) is 16.3 Å². The van der Waals surface area contributed by atoms with Crippen molar-refractivity contribution >= 4 is 29.1 Å². The van der Waals surface area contributed by atoms with Crippen LogP contribution in [0.25, 0.3) is 0 Å². The van der Waals surface area contributed by atoms with E-state index in [2.05, 4.69) is 5.32 Å². The number of aryl methyl sites for hydroxylation is 1. The molecule has 5 nitrogen and oxygen atoms in total. The van der Waals surface area contributed by atoms with Gasteiger partial charge in [-0.3, -0.25) is 9.59 Å². The Balaban J connectivity index is 1.73. The van der Waals surface area contributed by atoms with E-state index in [0.717, 1.165) is 44.3 Å². The second-order valence-corrected chi connectivity index (χ2v) is 8.07. The number of rotatable bonds is 6. The Morgan fingerprint density at radius 1 is 1.10 bits per heavy atom. The minimum atomic E-state index is -0.674. The monoisotopic (exact) mass is 428 g/mol. The van der Waals surface area contributed by atoms with E-state index < -0.39 is 6.10 Å². The second-order valence-electron chi connectivity index (χ2n) is 7.67. The van der Waals surface area contributed by atoms with Crippen LogP contribution < -0.4 is 10.1 Å². The van der Waals surface area contributed by atoms with Crippen molar-refractivity contribution in [3.05, 3.63) is 58.6 Å². The summed E-state index contributed by atoms with van der Waals surface area (Å²) in [7, 11) is 0. The van der Waals surface area contributed by atoms with Crippen LogP contribution in [0.5, 0.6) is 5.75 Å². The summed E-state index contributed by atoms with van der Waals surface area (Å²) in [6.45, 7) is 5.30. The summed E-state index contributed by atoms with van der Waals surface area (Å²) < 4.78 is 5.90. The Morgan fingerprint density at radius 3 is 2.47 bits per heavy atom. The number of benzene rings is 2. The third kappa shape index (κ3) is 5.54. The van der Waals surface area contributed by atoms with Gasteiger partial charge in [-0.15, -0.1) is 0 Å². The fourth-order valence-corrected chi connectivity index (χ4v) is 3.73. The molecule has 1 fully saturated rings. The highest BCUT2D eigenvalue weighted by molar-refractivity contribution is 6.31. The molecule has 1 aliphatic rings. The minimum absolute atomic E-state index is 0.0323. The maximum Gasteiger partial charge on any atom is 0.265 e. The molecule has 0 unspecified atom stereocenters. The summed E-state index contributed by atoms with van der Waals surface area (Å²) in [5, 5.41) is 3.56. The lowest BCUT2D eigenvalue weighted by molar-refractivity contribution is -0.122. The lowest BCUT2D eigenvalue weighted by atomic mass is 10.1. The average Bonchev–Trinajstić information content (AvgIpc) is 3.04. The van der Waals surface area contributed by atoms with Crippen molar-refractivity contribution in [3.8, 4) is 5.75 Å². The van der Waals surface area contributed by atoms with Crippen LogP contribution in [0.2, 0.25) is 5.02 Å². The lowest BCUT2D eigenvalue weighted by Gasteiger charge is -2.23. The molecule has 0 spiro atoms. The highest BCUT2D eigenvalue weighted by Gasteiger charge is 2.23. The van der Waals surface area contributed by atoms with Gasteiger partial charge in [0.15, 0.2) is 6.10 Å². The van der Waals surface area contributed by atoms with Gasteiger partial charge >= 0.3 is 0 Å². The normalized spacial score (nSPS) is 15.2. The zero-order valence-corrected chi connectivity index (χ0v) is 18.4. The van der Waals surface area contributed by atoms with E-state index >= 15 is 0 Å². The first-order valence-corrected chi connectivity index (χ1v) is 11.0. The first kappa shape index (κ1) is 22.2. The van der Waals surface area contributed by atoms with Gasteiger partial charge < -0.3 is 15.0 Å². The molecule has 0 aliphatic carbocycles. The van der Waals surface area contributed by atoms with Gasteiger partial charge in [-0.05, 0) is 62.1 Å². The number of ether oxygens (including phenoxy) is 1. The van der Waals surface area contributed by atoms with Gasteiger partial charge in [0.25, 0.3) is 11.8 Å². The molecule has 1 heterocycles. The Labute approximate surface area is 183 Å². The Hall–Kier alpha value is -2.53. The van der Waals surface area contributed by atoms with Crippen LogP contribution in [0.3, 0.4) is 0 Å². The van der Waals surface area contributed by atoms with Gasteiger partial charge in [-0.25, -0.2) is 0 Å². The molecule has 1 saturated heterocycles. The van der Waals surface area contributed by atoms with Gasteiger partial charge in [0.1, 0.15) is 5.75 Å². The molecule has 0 radical (unpaired) electrons. The van der Waals surface area contributed by atoms with Crippen LogP contribution in [0.1, 0.15) is 54.9 Å². The molecule has 0 bridgehead atoms. The van der Waals surface area contributed by atoms with Crippen molar-refractivity contribution in [2.45, 2.75) is 52.1 Å². The number of para-hydroxylation sites is 1. The van der Waals surface area contributed by atoms with E-state index in [9.17, 15) is 9.59 Å². The number of nitrogens with one attached hydrogen (secondary N) is 1. The van der Waals surface area contributed by atoms with Crippen molar-refractivity contribution in [3.63, 3.8) is 0 Å². The number of hydrogen-bond acceptors (Lipinski definition) is 3. The number of carbonyl (C=O) groups excluding carboxylic acids is 2. The van der Waals surface area contributed by atoms with Crippen molar-refractivity contribution in [1.82, 2.24) is 4.90 Å². The molecule has 1 atom stereocenters. The fraction of sp³-hybridized carbons (Fsp3) is 0.417. The first-order valence-electron chi connectivity index (χ1n) is 10.6. The highest BCUT2D eigenvalue weighted by Crippen LogP contribution is 2.24. The number of hydrogen-bond donors (Lipinski definition) is 1. The van der Waals surface area contributed by atoms with Crippen LogP contribution in [-0.2, 0) is 4.79 Å². The number of halogens is 1. The molecule has 2 aromatic rings. The van der Waals surface area contributed by atoms with E-state index in [-0.39, 0.29) is 11.8 Å². The number of carbonyl (C=O) groups is 2. The molecular weight excluding hydrogens is 400 g/mol. The molecule has 1 aliphatic heterocycles. The number of amides is 2. The van der Waals surface area contributed by atoms with Crippen LogP contribution in [0.4, 0.5) is 5.69 Å². The van der Waals surface area contributed by atoms with Gasteiger partial charge in [-0.2, -0.15) is 0 Å². The highest BCUT2D eigenvalue weighted by atomic mass is 35.5. The van der Waals surface area contributed by atoms with Crippen LogP contribution in [0.15, 0.2) is 42.5 Å². The maximum absolute atomic E-state index is 13.1. The van der Waals surface area contributed by atoms with Crippen molar-refractivity contribution in [2.24, 2.45) is 0 Å². The number of likely N-dealkylation sites (tertiary alicyclic amines) is 1. The van der Waals surface area contributed by atoms with Crippen molar-refractivity contribution < 1.29 is 14.3 Å². The molecule has 0 saturated carbocycles. The van der Waals surface area contributed by atoms with E-state index in [1.54, 1.807) is 24.3 Å². The molecule has 1 N–H and O–H groups in total. The SMILES string of the molecule is CC[C@H](Oc1ccc(Cl)c(C)c1)C(=O)Nc1ccccc1C(=O)N1CCCCCC1. The number of anilines is 1. The Morgan fingerprint density at radius 2 is 1.80 bits per heavy atom. The van der Waals surface area contributed by atoms with E-state index in [0.29, 0.717) is 28.4 Å². The van der Waals surface area contributed by atoms with E-state index in [1.165, 1.54) is 0 Å². The predicted molar refractivity (Wildman–Crippen MR) is 120 cm³/mol. The maximum atomic E-state index is 13.1. The largest absolute Gasteiger partial charge is 0.481 e. The molecular formula is C24H29ClN2O3. The standard InChI is InChI=1S/C24H29ClN2O3/c1-3-22(30-18-12-13-20(25)17(2)16-18)23(28)26-21-11-7-6-10-19(21)24(29)27-14-8-4-5-9-15-27/h6-7,10-13,16,22H,3-5,8-9,14-15H2,1-2H3,(H,26,28)/t22-/m0/s1. The van der Waals surface area contributed by atoms with Crippen LogP contribution in [0, 0.1) is 6.92 Å². The van der Waals surface area contributed by atoms with Crippen LogP contribution in [-0.4, -0.2) is 35.9 Å². The summed E-state index contributed by atoms with van der Waals surface area (Å²) in [6, 6.07) is 12.5. The summed E-state index contributed by atoms with van der Waals surface area (Å²) in [5.41, 5.74) is 1.92. The third-order valence-electron chi connectivity index (χ3n) is 5.38. The smallest absolute Gasteiger partial charge is 0.265 e. The molecule has 0 aromatic heterocycles. The summed E-state index contributed by atoms with van der Waals surface area (Å²) in [5.74, 6) is 0.282. The molecule has 2 aromatic carbocycles. The quantitative estimate of drug-likeness (QED) is 0.664. The molecule has 6 heteroatoms. The average molecular weight is 429 g/mol. The van der Waals surface area contributed by atoms with Gasteiger partial charge in [-0.1, -0.05) is 43.5 Å². The zero-order chi connectivity index (χ0) is 21.5. The predicted octanol–water partition coefficient (Wildman–Crippen LogP) is 5.46. The second kappa shape index (κ2) is 10.5. The van der Waals surface area contributed by atoms with Gasteiger partial charge in [0.05, 0.1) is 11.3 Å². The molecule has 2 amide bonds. The van der Waals surface area contributed by atoms with Gasteiger partial charge in [0.2, 0.25) is 0 Å². The van der Waals surface area contributed by atoms with Gasteiger partial charge in [0, 0.05) is 18.1 Å². The molecule has 30 heavy (non-hydrogen) atoms. The first-order chi connectivity index (χ1) is 14.5. The third-order valence-corrected chi connectivity index (χ3v) is 5.80. The number of nitrogens with zero attached hydrogens (tertiary/aromatic N) is 1. The lowest BCUT2D eigenvalue weighted by Crippen LogP contribution is -2.35. The summed E-state index contributed by atoms with van der Waals surface area (Å²) in [6.07, 6.45) is 4.17. The Kier molecular flexibility index (Phi) is 7.75. The van der Waals surface area contributed by atoms with Crippen LogP contribution >= 0.6 is 11.6 Å². The molecule has 3 rings (SSSR count). The van der Waals surface area contributed by atoms with Crippen molar-refractivity contribution in [2.75, 3.05) is 18.4 Å². The van der Waals surface area contributed by atoms with Crippen molar-refractivity contribution in [1.29, 1.82) is 0 Å². The topological polar surface area (TPSA) is 58.6 Å². The summed E-state index contributed by atoms with van der Waals surface area (Å²) in [4.78, 5) is 27.9. The minimum Gasteiger partial charge on any atom is -0.481 e. The summed E-state index contributed by atoms with van der Waals surface area (Å²) >= 11 is 6.07. The van der Waals surface area contributed by atoms with E-state index in [1.807, 2.05) is 36.9 Å². The zero-order valence-electron chi connectivity index (χ0n) is 17.6. The molecule has 160 valence electrons.